The van der Waals surface area contributed by atoms with E-state index in [-0.39, 0.29) is 24.4 Å². The van der Waals surface area contributed by atoms with Crippen LogP contribution in [0.1, 0.15) is 43.8 Å². The molecule has 0 amide bonds. The molecular weight excluding hydrogens is 268 g/mol. The van der Waals surface area contributed by atoms with E-state index in [1.165, 1.54) is 0 Å². The van der Waals surface area contributed by atoms with E-state index in [0.717, 1.165) is 0 Å². The van der Waals surface area contributed by atoms with Crippen LogP contribution in [-0.2, 0) is 11.2 Å². The van der Waals surface area contributed by atoms with Gasteiger partial charge in [0.25, 0.3) is 0 Å². The van der Waals surface area contributed by atoms with Gasteiger partial charge in [0, 0.05) is 28.7 Å². The molecule has 4 nitrogen and oxygen atoms in total. The van der Waals surface area contributed by atoms with Gasteiger partial charge in [-0.25, -0.2) is 0 Å². The topological polar surface area (TPSA) is 71.4 Å². The second-order valence-electron chi connectivity index (χ2n) is 4.94. The smallest absolute Gasteiger partial charge is 0.303 e. The average Bonchev–Trinajstić information content (AvgIpc) is 2.50. The van der Waals surface area contributed by atoms with Gasteiger partial charge in [-0.1, -0.05) is 42.5 Å². The van der Waals surface area contributed by atoms with Gasteiger partial charge in [-0.05, 0) is 12.0 Å². The van der Waals surface area contributed by atoms with Crippen molar-refractivity contribution in [2.75, 3.05) is 0 Å². The molecule has 1 aliphatic rings. The van der Waals surface area contributed by atoms with Crippen molar-refractivity contribution in [1.29, 1.82) is 0 Å². The van der Waals surface area contributed by atoms with Crippen LogP contribution in [0, 0.1) is 0 Å². The highest BCUT2D eigenvalue weighted by Gasteiger charge is 2.30. The van der Waals surface area contributed by atoms with Crippen LogP contribution in [0.25, 0.3) is 0 Å². The minimum absolute atomic E-state index is 0.0699. The molecule has 0 radical (unpaired) electrons. The minimum Gasteiger partial charge on any atom is -0.481 e. The van der Waals surface area contributed by atoms with E-state index in [2.05, 4.69) is 0 Å². The number of carboxylic acid groups (broad SMARTS) is 1. The number of aliphatic carboxylic acids is 1. The molecule has 0 fully saturated rings. The van der Waals surface area contributed by atoms with E-state index in [1.54, 1.807) is 42.5 Å². The van der Waals surface area contributed by atoms with Crippen molar-refractivity contribution < 1.29 is 19.5 Å². The third-order valence-electron chi connectivity index (χ3n) is 3.65. The largest absolute Gasteiger partial charge is 0.481 e. The van der Waals surface area contributed by atoms with Crippen molar-refractivity contribution in [2.45, 2.75) is 12.8 Å². The number of carbonyl (C=O) groups excluding carboxylic acids is 2. The fraction of sp³-hybridized carbons (Fsp3) is 0.118. The SMILES string of the molecule is O=C(O)CCc1cccc2c1C(=O)c1ccccc1C2=O. The molecule has 0 spiro atoms. The molecule has 104 valence electrons. The minimum atomic E-state index is -0.928. The maximum Gasteiger partial charge on any atom is 0.303 e. The van der Waals surface area contributed by atoms with Crippen molar-refractivity contribution in [3.05, 3.63) is 70.3 Å². The zero-order chi connectivity index (χ0) is 15.0. The molecule has 4 heteroatoms. The number of carbonyl (C=O) groups is 3. The second-order valence-corrected chi connectivity index (χ2v) is 4.94. The predicted molar refractivity (Wildman–Crippen MR) is 75.7 cm³/mol. The summed E-state index contributed by atoms with van der Waals surface area (Å²) < 4.78 is 0. The molecular formula is C17H12O4. The van der Waals surface area contributed by atoms with Crippen molar-refractivity contribution in [1.82, 2.24) is 0 Å². The first-order chi connectivity index (χ1) is 10.1. The van der Waals surface area contributed by atoms with Crippen molar-refractivity contribution >= 4 is 17.5 Å². The highest BCUT2D eigenvalue weighted by Crippen LogP contribution is 2.29. The van der Waals surface area contributed by atoms with Crippen LogP contribution in [0.4, 0.5) is 0 Å². The van der Waals surface area contributed by atoms with E-state index in [0.29, 0.717) is 27.8 Å². The first kappa shape index (κ1) is 13.2. The van der Waals surface area contributed by atoms with Crippen LogP contribution in [0.15, 0.2) is 42.5 Å². The number of fused-ring (bicyclic) bond motifs is 2. The molecule has 1 N–H and O–H groups in total. The number of benzene rings is 2. The quantitative estimate of drug-likeness (QED) is 0.800. The summed E-state index contributed by atoms with van der Waals surface area (Å²) in [6, 6.07) is 11.7. The number of hydrogen-bond donors (Lipinski definition) is 1. The van der Waals surface area contributed by atoms with Gasteiger partial charge in [0.2, 0.25) is 0 Å². The number of carboxylic acids is 1. The summed E-state index contributed by atoms with van der Waals surface area (Å²) in [6.45, 7) is 0. The third kappa shape index (κ3) is 2.14. The zero-order valence-electron chi connectivity index (χ0n) is 11.1. The van der Waals surface area contributed by atoms with Gasteiger partial charge in [0.1, 0.15) is 0 Å². The van der Waals surface area contributed by atoms with Gasteiger partial charge in [-0.2, -0.15) is 0 Å². The summed E-state index contributed by atoms with van der Waals surface area (Å²) >= 11 is 0. The molecule has 0 atom stereocenters. The first-order valence-corrected chi connectivity index (χ1v) is 6.61. The molecule has 0 aliphatic heterocycles. The van der Waals surface area contributed by atoms with E-state index in [1.807, 2.05) is 0 Å². The van der Waals surface area contributed by atoms with E-state index in [9.17, 15) is 14.4 Å². The number of aryl methyl sites for hydroxylation is 1. The van der Waals surface area contributed by atoms with Gasteiger partial charge >= 0.3 is 5.97 Å². The summed E-state index contributed by atoms with van der Waals surface area (Å²) in [5.41, 5.74) is 2.12. The van der Waals surface area contributed by atoms with Crippen LogP contribution in [0.2, 0.25) is 0 Å². The molecule has 0 bridgehead atoms. The Kier molecular flexibility index (Phi) is 3.14. The van der Waals surface area contributed by atoms with E-state index >= 15 is 0 Å². The number of rotatable bonds is 3. The lowest BCUT2D eigenvalue weighted by Crippen LogP contribution is -2.22. The number of hydrogen-bond acceptors (Lipinski definition) is 3. The van der Waals surface area contributed by atoms with Crippen LogP contribution in [0.3, 0.4) is 0 Å². The van der Waals surface area contributed by atoms with Crippen LogP contribution >= 0.6 is 0 Å². The Bertz CT molecular complexity index is 774. The van der Waals surface area contributed by atoms with E-state index in [4.69, 9.17) is 5.11 Å². The van der Waals surface area contributed by atoms with Crippen molar-refractivity contribution in [2.24, 2.45) is 0 Å². The Labute approximate surface area is 121 Å². The Balaban J connectivity index is 2.14. The lowest BCUT2D eigenvalue weighted by Gasteiger charge is -2.19. The molecule has 0 heterocycles. The monoisotopic (exact) mass is 280 g/mol. The van der Waals surface area contributed by atoms with Crippen LogP contribution < -0.4 is 0 Å². The molecule has 2 aromatic carbocycles. The normalized spacial score (nSPS) is 12.8. The zero-order valence-corrected chi connectivity index (χ0v) is 11.1. The average molecular weight is 280 g/mol. The maximum absolute atomic E-state index is 12.6. The molecule has 0 unspecified atom stereocenters. The molecule has 2 aromatic rings. The lowest BCUT2D eigenvalue weighted by molar-refractivity contribution is -0.136. The second kappa shape index (κ2) is 4.98. The van der Waals surface area contributed by atoms with Gasteiger partial charge < -0.3 is 5.11 Å². The molecule has 1 aliphatic carbocycles. The summed E-state index contributed by atoms with van der Waals surface area (Å²) in [5.74, 6) is -1.32. The maximum atomic E-state index is 12.6. The summed E-state index contributed by atoms with van der Waals surface area (Å²) in [5, 5.41) is 8.80. The van der Waals surface area contributed by atoms with E-state index < -0.39 is 5.97 Å². The van der Waals surface area contributed by atoms with Crippen LogP contribution in [-0.4, -0.2) is 22.6 Å². The van der Waals surface area contributed by atoms with Crippen molar-refractivity contribution in [3.8, 4) is 0 Å². The fourth-order valence-corrected chi connectivity index (χ4v) is 2.67. The Morgan fingerprint density at radius 2 is 1.48 bits per heavy atom. The Morgan fingerprint density at radius 3 is 2.14 bits per heavy atom. The van der Waals surface area contributed by atoms with Gasteiger partial charge in [-0.15, -0.1) is 0 Å². The summed E-state index contributed by atoms with van der Waals surface area (Å²) in [7, 11) is 0. The third-order valence-corrected chi connectivity index (χ3v) is 3.65. The molecule has 0 saturated heterocycles. The van der Waals surface area contributed by atoms with Crippen LogP contribution in [0.5, 0.6) is 0 Å². The lowest BCUT2D eigenvalue weighted by atomic mass is 9.81. The Hall–Kier alpha value is -2.75. The molecule has 0 aromatic heterocycles. The highest BCUT2D eigenvalue weighted by molar-refractivity contribution is 6.28. The summed E-state index contributed by atoms with van der Waals surface area (Å²) in [6.07, 6.45) is 0.166. The fourth-order valence-electron chi connectivity index (χ4n) is 2.67. The summed E-state index contributed by atoms with van der Waals surface area (Å²) in [4.78, 5) is 35.8. The highest BCUT2D eigenvalue weighted by atomic mass is 16.4. The van der Waals surface area contributed by atoms with Gasteiger partial charge in [0.05, 0.1) is 0 Å². The molecule has 3 rings (SSSR count). The van der Waals surface area contributed by atoms with Gasteiger partial charge in [0.15, 0.2) is 11.6 Å². The first-order valence-electron chi connectivity index (χ1n) is 6.61. The van der Waals surface area contributed by atoms with Crippen molar-refractivity contribution in [3.63, 3.8) is 0 Å². The molecule has 0 saturated carbocycles. The van der Waals surface area contributed by atoms with Gasteiger partial charge in [-0.3, -0.25) is 14.4 Å². The Morgan fingerprint density at radius 1 is 0.857 bits per heavy atom. The standard InChI is InChI=1S/C17H12O4/c18-14(19)9-8-10-4-3-7-13-15(10)17(21)12-6-2-1-5-11(12)16(13)20/h1-7H,8-9H2,(H,18,19). The predicted octanol–water partition coefficient (Wildman–Crippen LogP) is 2.48. The molecule has 21 heavy (non-hydrogen) atoms. The number of ketones is 2.